The van der Waals surface area contributed by atoms with E-state index in [9.17, 15) is 0 Å². The Balaban J connectivity index is 4.79. The predicted molar refractivity (Wildman–Crippen MR) is 66.3 cm³/mol. The summed E-state index contributed by atoms with van der Waals surface area (Å²) in [5, 5.41) is 0. The van der Waals surface area contributed by atoms with E-state index in [1.165, 1.54) is 32.1 Å². The Labute approximate surface area is 91.5 Å². The average Bonchev–Trinajstić information content (AvgIpc) is 2.17. The van der Waals surface area contributed by atoms with Gasteiger partial charge in [0, 0.05) is 0 Å². The standard InChI is InChI=1S/C14H29/c1-7-11-14(10-4,12(5)6)13(8-2)9-3/h12H,7-11H2,1-6H3. The van der Waals surface area contributed by atoms with Crippen LogP contribution in [0, 0.1) is 17.3 Å². The van der Waals surface area contributed by atoms with Crippen molar-refractivity contribution in [2.45, 2.75) is 73.6 Å². The molecule has 0 aromatic heterocycles. The Morgan fingerprint density at radius 1 is 1.00 bits per heavy atom. The maximum Gasteiger partial charge on any atom is -0.0182 e. The van der Waals surface area contributed by atoms with Gasteiger partial charge in [0.15, 0.2) is 0 Å². The van der Waals surface area contributed by atoms with Crippen LogP contribution in [0.1, 0.15) is 73.6 Å². The Morgan fingerprint density at radius 2 is 1.50 bits per heavy atom. The van der Waals surface area contributed by atoms with Crippen LogP contribution in [0.5, 0.6) is 0 Å². The van der Waals surface area contributed by atoms with Crippen LogP contribution in [0.15, 0.2) is 0 Å². The van der Waals surface area contributed by atoms with Gasteiger partial charge in [0.25, 0.3) is 0 Å². The van der Waals surface area contributed by atoms with Gasteiger partial charge in [0.1, 0.15) is 0 Å². The van der Waals surface area contributed by atoms with Gasteiger partial charge in [0.2, 0.25) is 0 Å². The molecular weight excluding hydrogens is 168 g/mol. The molecule has 0 fully saturated rings. The lowest BCUT2D eigenvalue weighted by Crippen LogP contribution is -2.33. The highest BCUT2D eigenvalue weighted by Crippen LogP contribution is 2.47. The summed E-state index contributed by atoms with van der Waals surface area (Å²) in [6, 6.07) is 0. The topological polar surface area (TPSA) is 0 Å². The third-order valence-electron chi connectivity index (χ3n) is 3.99. The van der Waals surface area contributed by atoms with Crippen LogP contribution in [0.25, 0.3) is 0 Å². The zero-order valence-electron chi connectivity index (χ0n) is 11.1. The lowest BCUT2D eigenvalue weighted by atomic mass is 9.62. The van der Waals surface area contributed by atoms with Crippen molar-refractivity contribution in [2.24, 2.45) is 11.3 Å². The molecule has 0 aliphatic heterocycles. The molecule has 14 heavy (non-hydrogen) atoms. The summed E-state index contributed by atoms with van der Waals surface area (Å²) in [4.78, 5) is 0. The second-order valence-corrected chi connectivity index (χ2v) is 4.73. The fourth-order valence-electron chi connectivity index (χ4n) is 3.11. The molecule has 0 aliphatic carbocycles. The van der Waals surface area contributed by atoms with E-state index in [-0.39, 0.29) is 0 Å². The second-order valence-electron chi connectivity index (χ2n) is 4.73. The van der Waals surface area contributed by atoms with Crippen molar-refractivity contribution >= 4 is 0 Å². The van der Waals surface area contributed by atoms with Crippen molar-refractivity contribution in [1.82, 2.24) is 0 Å². The van der Waals surface area contributed by atoms with E-state index < -0.39 is 0 Å². The lowest BCUT2D eigenvalue weighted by Gasteiger charge is -2.43. The molecular formula is C14H29. The largest absolute Gasteiger partial charge is 0.0654 e. The van der Waals surface area contributed by atoms with Gasteiger partial charge in [-0.25, -0.2) is 0 Å². The molecule has 0 saturated carbocycles. The van der Waals surface area contributed by atoms with Gasteiger partial charge >= 0.3 is 0 Å². The predicted octanol–water partition coefficient (Wildman–Crippen LogP) is 5.23. The van der Waals surface area contributed by atoms with Crippen molar-refractivity contribution < 1.29 is 0 Å². The molecule has 0 nitrogen and oxygen atoms in total. The van der Waals surface area contributed by atoms with Crippen molar-refractivity contribution in [2.75, 3.05) is 0 Å². The summed E-state index contributed by atoms with van der Waals surface area (Å²) in [6.45, 7) is 14.1. The zero-order chi connectivity index (χ0) is 11.2. The van der Waals surface area contributed by atoms with E-state index in [1.54, 1.807) is 5.92 Å². The number of rotatable bonds is 7. The van der Waals surface area contributed by atoms with Crippen LogP contribution < -0.4 is 0 Å². The highest BCUT2D eigenvalue weighted by molar-refractivity contribution is 5.06. The van der Waals surface area contributed by atoms with Gasteiger partial charge in [-0.15, -0.1) is 0 Å². The van der Waals surface area contributed by atoms with Crippen molar-refractivity contribution in [3.63, 3.8) is 0 Å². The third kappa shape index (κ3) is 2.74. The molecule has 0 aromatic carbocycles. The van der Waals surface area contributed by atoms with Crippen LogP contribution in [0.4, 0.5) is 0 Å². The first kappa shape index (κ1) is 14.0. The zero-order valence-corrected chi connectivity index (χ0v) is 11.1. The van der Waals surface area contributed by atoms with Gasteiger partial charge in [0.05, 0.1) is 0 Å². The minimum Gasteiger partial charge on any atom is -0.0654 e. The molecule has 85 valence electrons. The van der Waals surface area contributed by atoms with E-state index >= 15 is 0 Å². The molecule has 0 bridgehead atoms. The molecule has 1 unspecified atom stereocenters. The highest BCUT2D eigenvalue weighted by Gasteiger charge is 2.37. The highest BCUT2D eigenvalue weighted by atomic mass is 14.4. The van der Waals surface area contributed by atoms with Crippen LogP contribution >= 0.6 is 0 Å². The van der Waals surface area contributed by atoms with Crippen molar-refractivity contribution in [3.8, 4) is 0 Å². The Hall–Kier alpha value is 0. The van der Waals surface area contributed by atoms with Crippen LogP contribution in [0.3, 0.4) is 0 Å². The molecule has 0 heterocycles. The van der Waals surface area contributed by atoms with Gasteiger partial charge < -0.3 is 0 Å². The van der Waals surface area contributed by atoms with Crippen molar-refractivity contribution in [3.05, 3.63) is 5.92 Å². The number of hydrogen-bond acceptors (Lipinski definition) is 0. The average molecular weight is 197 g/mol. The molecule has 0 amide bonds. The van der Waals surface area contributed by atoms with Crippen LogP contribution in [0.2, 0.25) is 0 Å². The molecule has 0 saturated heterocycles. The first-order valence-corrected chi connectivity index (χ1v) is 6.44. The van der Waals surface area contributed by atoms with Gasteiger partial charge in [-0.05, 0) is 42.9 Å². The minimum atomic E-state index is 0.526. The van der Waals surface area contributed by atoms with E-state index in [2.05, 4.69) is 41.5 Å². The van der Waals surface area contributed by atoms with E-state index in [1.807, 2.05) is 0 Å². The monoisotopic (exact) mass is 197 g/mol. The molecule has 0 aliphatic rings. The van der Waals surface area contributed by atoms with E-state index in [0.29, 0.717) is 5.41 Å². The van der Waals surface area contributed by atoms with Gasteiger partial charge in [-0.2, -0.15) is 0 Å². The van der Waals surface area contributed by atoms with Crippen molar-refractivity contribution in [1.29, 1.82) is 0 Å². The normalized spacial score (nSPS) is 16.3. The Kier molecular flexibility index (Phi) is 6.48. The van der Waals surface area contributed by atoms with E-state index in [0.717, 1.165) is 5.92 Å². The fraction of sp³-hybridized carbons (Fsp3) is 0.929. The molecule has 0 spiro atoms. The molecule has 0 N–H and O–H groups in total. The summed E-state index contributed by atoms with van der Waals surface area (Å²) in [6.07, 6.45) is 6.54. The smallest absolute Gasteiger partial charge is 0.0182 e. The van der Waals surface area contributed by atoms with Gasteiger partial charge in [-0.1, -0.05) is 48.0 Å². The quantitative estimate of drug-likeness (QED) is 0.524. The SMILES string of the molecule is CCCC(CC)([C](CC)CC)C(C)C. The third-order valence-corrected chi connectivity index (χ3v) is 3.99. The van der Waals surface area contributed by atoms with Crippen LogP contribution in [-0.2, 0) is 0 Å². The summed E-state index contributed by atoms with van der Waals surface area (Å²) in [5.74, 6) is 2.58. The summed E-state index contributed by atoms with van der Waals surface area (Å²) >= 11 is 0. The molecule has 1 radical (unpaired) electrons. The summed E-state index contributed by atoms with van der Waals surface area (Å²) in [5.41, 5.74) is 0.526. The van der Waals surface area contributed by atoms with Crippen LogP contribution in [-0.4, -0.2) is 0 Å². The number of hydrogen-bond donors (Lipinski definition) is 0. The maximum absolute atomic E-state index is 2.39. The lowest BCUT2D eigenvalue weighted by molar-refractivity contribution is 0.164. The first-order chi connectivity index (χ1) is 6.58. The van der Waals surface area contributed by atoms with E-state index in [4.69, 9.17) is 0 Å². The van der Waals surface area contributed by atoms with Gasteiger partial charge in [-0.3, -0.25) is 0 Å². The molecule has 0 rings (SSSR count). The molecule has 1 atom stereocenters. The molecule has 0 aromatic rings. The summed E-state index contributed by atoms with van der Waals surface area (Å²) in [7, 11) is 0. The molecule has 0 heteroatoms. The maximum atomic E-state index is 2.39. The summed E-state index contributed by atoms with van der Waals surface area (Å²) < 4.78 is 0. The fourth-order valence-corrected chi connectivity index (χ4v) is 3.11. The Bertz CT molecular complexity index is 133. The Morgan fingerprint density at radius 3 is 1.71 bits per heavy atom. The second kappa shape index (κ2) is 6.48. The minimum absolute atomic E-state index is 0.526. The first-order valence-electron chi connectivity index (χ1n) is 6.44.